The molecule has 4 bridgehead atoms. The summed E-state index contributed by atoms with van der Waals surface area (Å²) in [6, 6.07) is 40.5. The van der Waals surface area contributed by atoms with E-state index < -0.39 is 0 Å². The molecule has 7 aliphatic rings. The van der Waals surface area contributed by atoms with Gasteiger partial charge in [0.15, 0.2) is 0 Å². The van der Waals surface area contributed by atoms with Gasteiger partial charge in [-0.3, -0.25) is 0 Å². The zero-order chi connectivity index (χ0) is 32.1. The van der Waals surface area contributed by atoms with Crippen molar-refractivity contribution in [2.24, 2.45) is 23.7 Å². The zero-order valence-corrected chi connectivity index (χ0v) is 28.6. The van der Waals surface area contributed by atoms with Crippen molar-refractivity contribution in [2.45, 2.75) is 70.6 Å². The maximum absolute atomic E-state index is 2.70. The lowest BCUT2D eigenvalue weighted by atomic mass is 9.32. The Balaban J connectivity index is 1.22. The van der Waals surface area contributed by atoms with Gasteiger partial charge >= 0.3 is 0 Å². The van der Waals surface area contributed by atoms with E-state index in [0.29, 0.717) is 0 Å². The molecule has 4 fully saturated rings. The van der Waals surface area contributed by atoms with E-state index in [9.17, 15) is 0 Å². The predicted octanol–water partition coefficient (Wildman–Crippen LogP) is 9.43. The SMILES string of the molecule is Cc1cccc2c1N(c1cccc(C(C)(C)C)c1)c1cccc3c1B2c1cccc2c1N3c1ccccc1C21C2CC3CC(C2)CC1C3. The summed E-state index contributed by atoms with van der Waals surface area (Å²) >= 11 is 0. The van der Waals surface area contributed by atoms with Gasteiger partial charge in [-0.25, -0.2) is 0 Å². The molecular formula is C45H43BN2. The summed E-state index contributed by atoms with van der Waals surface area (Å²) in [7, 11) is 0. The third-order valence-electron chi connectivity index (χ3n) is 13.7. The first kappa shape index (κ1) is 27.7. The molecule has 12 rings (SSSR count). The van der Waals surface area contributed by atoms with Crippen LogP contribution in [-0.2, 0) is 10.8 Å². The second kappa shape index (κ2) is 9.26. The average Bonchev–Trinajstić information content (AvgIpc) is 3.08. The predicted molar refractivity (Wildman–Crippen MR) is 202 cm³/mol. The first-order chi connectivity index (χ1) is 23.3. The number of hydrogen-bond donors (Lipinski definition) is 0. The first-order valence-corrected chi connectivity index (χ1v) is 18.5. The Labute approximate surface area is 285 Å². The van der Waals surface area contributed by atoms with Crippen molar-refractivity contribution in [1.82, 2.24) is 0 Å². The Bertz CT molecular complexity index is 2160. The molecule has 2 nitrogen and oxygen atoms in total. The quantitative estimate of drug-likeness (QED) is 0.168. The highest BCUT2D eigenvalue weighted by atomic mass is 15.2. The standard InChI is InChI=1S/C45H43BN2/c1-27-11-7-16-36-42(27)47(33-13-8-12-30(26-33)44(2,3)4)39-19-10-20-40-41(39)46(36)37-17-9-15-35-43(37)48(40)38-18-6-5-14-34(38)45(35)31-22-28-21-29(24-31)25-32(45)23-28/h5-20,26,28-29,31-32H,21-25H2,1-4H3. The molecule has 3 heteroatoms. The van der Waals surface area contributed by atoms with Crippen LogP contribution in [0.1, 0.15) is 75.1 Å². The van der Waals surface area contributed by atoms with Crippen molar-refractivity contribution in [1.29, 1.82) is 0 Å². The van der Waals surface area contributed by atoms with E-state index in [4.69, 9.17) is 0 Å². The largest absolute Gasteiger partial charge is 0.311 e. The first-order valence-electron chi connectivity index (χ1n) is 18.5. The average molecular weight is 623 g/mol. The fourth-order valence-electron chi connectivity index (χ4n) is 12.1. The summed E-state index contributed by atoms with van der Waals surface area (Å²) in [6.45, 7) is 9.46. The molecule has 5 aromatic carbocycles. The topological polar surface area (TPSA) is 6.48 Å². The van der Waals surface area contributed by atoms with Crippen LogP contribution in [0.15, 0.2) is 103 Å². The van der Waals surface area contributed by atoms with Gasteiger partial charge in [0.25, 0.3) is 6.71 Å². The van der Waals surface area contributed by atoms with Gasteiger partial charge in [0.1, 0.15) is 0 Å². The molecule has 4 saturated carbocycles. The highest BCUT2D eigenvalue weighted by molar-refractivity contribution is 7.00. The molecule has 0 atom stereocenters. The fourth-order valence-corrected chi connectivity index (χ4v) is 12.1. The Morgan fingerprint density at radius 1 is 0.604 bits per heavy atom. The summed E-state index contributed by atoms with van der Waals surface area (Å²) in [4.78, 5) is 5.29. The molecule has 0 aromatic heterocycles. The summed E-state index contributed by atoms with van der Waals surface area (Å²) in [5.74, 6) is 3.34. The number of fused-ring (bicyclic) bond motifs is 6. The lowest BCUT2D eigenvalue weighted by Crippen LogP contribution is -2.64. The number of hydrogen-bond acceptors (Lipinski definition) is 2. The normalized spacial score (nSPS) is 26.7. The zero-order valence-electron chi connectivity index (χ0n) is 28.6. The van der Waals surface area contributed by atoms with E-state index in [0.717, 1.165) is 23.7 Å². The molecule has 0 saturated heterocycles. The summed E-state index contributed by atoms with van der Waals surface area (Å²) in [5, 5.41) is 0. The van der Waals surface area contributed by atoms with Gasteiger partial charge in [0.05, 0.1) is 5.69 Å². The molecule has 1 spiro atoms. The van der Waals surface area contributed by atoms with Crippen molar-refractivity contribution in [3.63, 3.8) is 0 Å². The van der Waals surface area contributed by atoms with Crippen LogP contribution >= 0.6 is 0 Å². The van der Waals surface area contributed by atoms with Crippen LogP contribution < -0.4 is 26.2 Å². The summed E-state index contributed by atoms with van der Waals surface area (Å²) in [6.07, 6.45) is 7.09. The number of para-hydroxylation sites is 3. The van der Waals surface area contributed by atoms with Gasteiger partial charge in [-0.1, -0.05) is 93.6 Å². The van der Waals surface area contributed by atoms with E-state index in [2.05, 4.69) is 141 Å². The molecular weight excluding hydrogens is 579 g/mol. The van der Waals surface area contributed by atoms with Crippen LogP contribution in [0.2, 0.25) is 0 Å². The molecule has 236 valence electrons. The third-order valence-corrected chi connectivity index (χ3v) is 13.7. The van der Waals surface area contributed by atoms with Crippen molar-refractivity contribution >= 4 is 57.2 Å². The van der Waals surface area contributed by atoms with Gasteiger partial charge in [-0.2, -0.15) is 0 Å². The minimum atomic E-state index is 0.0692. The molecule has 3 heterocycles. The molecule has 0 amide bonds. The lowest BCUT2D eigenvalue weighted by molar-refractivity contribution is -0.0419. The number of anilines is 6. The van der Waals surface area contributed by atoms with Crippen LogP contribution in [0.3, 0.4) is 0 Å². The van der Waals surface area contributed by atoms with E-state index >= 15 is 0 Å². The van der Waals surface area contributed by atoms with Gasteiger partial charge in [-0.05, 0) is 137 Å². The smallest absolute Gasteiger partial charge is 0.252 e. The fraction of sp³-hybridized carbons (Fsp3) is 0.333. The Morgan fingerprint density at radius 2 is 1.21 bits per heavy atom. The van der Waals surface area contributed by atoms with E-state index in [1.54, 1.807) is 11.1 Å². The van der Waals surface area contributed by atoms with Crippen molar-refractivity contribution in [3.8, 4) is 0 Å². The highest BCUT2D eigenvalue weighted by Crippen LogP contribution is 2.69. The molecule has 48 heavy (non-hydrogen) atoms. The molecule has 3 aliphatic heterocycles. The summed E-state index contributed by atoms with van der Waals surface area (Å²) in [5.41, 5.74) is 18.7. The van der Waals surface area contributed by atoms with Crippen molar-refractivity contribution in [3.05, 3.63) is 125 Å². The van der Waals surface area contributed by atoms with E-state index in [-0.39, 0.29) is 17.5 Å². The molecule has 0 N–H and O–H groups in total. The third kappa shape index (κ3) is 3.31. The van der Waals surface area contributed by atoms with E-state index in [1.165, 1.54) is 93.7 Å². The highest BCUT2D eigenvalue weighted by Gasteiger charge is 2.62. The Kier molecular flexibility index (Phi) is 5.34. The van der Waals surface area contributed by atoms with Crippen LogP contribution in [0.25, 0.3) is 0 Å². The number of benzene rings is 5. The van der Waals surface area contributed by atoms with Crippen molar-refractivity contribution in [2.75, 3.05) is 9.80 Å². The summed E-state index contributed by atoms with van der Waals surface area (Å²) < 4.78 is 0. The number of rotatable bonds is 1. The van der Waals surface area contributed by atoms with Crippen LogP contribution in [0.5, 0.6) is 0 Å². The van der Waals surface area contributed by atoms with Crippen LogP contribution in [-0.4, -0.2) is 6.71 Å². The maximum atomic E-state index is 2.70. The molecule has 0 unspecified atom stereocenters. The monoisotopic (exact) mass is 622 g/mol. The van der Waals surface area contributed by atoms with Crippen LogP contribution in [0, 0.1) is 30.6 Å². The Hall–Kier alpha value is -4.24. The number of aryl methyl sites for hydroxylation is 1. The van der Waals surface area contributed by atoms with Gasteiger partial charge in [-0.15, -0.1) is 0 Å². The van der Waals surface area contributed by atoms with Crippen molar-refractivity contribution < 1.29 is 0 Å². The van der Waals surface area contributed by atoms with Crippen LogP contribution in [0.4, 0.5) is 34.1 Å². The second-order valence-corrected chi connectivity index (χ2v) is 17.1. The van der Waals surface area contributed by atoms with Gasteiger partial charge < -0.3 is 9.80 Å². The second-order valence-electron chi connectivity index (χ2n) is 17.1. The lowest BCUT2D eigenvalue weighted by Gasteiger charge is -2.64. The van der Waals surface area contributed by atoms with Gasteiger partial charge in [0, 0.05) is 33.9 Å². The maximum Gasteiger partial charge on any atom is 0.252 e. The molecule has 4 aliphatic carbocycles. The van der Waals surface area contributed by atoms with E-state index in [1.807, 2.05) is 0 Å². The van der Waals surface area contributed by atoms with Gasteiger partial charge in [0.2, 0.25) is 0 Å². The molecule has 0 radical (unpaired) electrons. The minimum Gasteiger partial charge on any atom is -0.311 e. The number of nitrogens with zero attached hydrogens (tertiary/aromatic N) is 2. The Morgan fingerprint density at radius 3 is 1.96 bits per heavy atom. The minimum absolute atomic E-state index is 0.0692. The molecule has 5 aromatic rings.